The number of carbonyl (C=O) groups is 1. The first-order valence-electron chi connectivity index (χ1n) is 8.29. The zero-order chi connectivity index (χ0) is 17.2. The van der Waals surface area contributed by atoms with Gasteiger partial charge in [-0.05, 0) is 41.8 Å². The van der Waals surface area contributed by atoms with Crippen LogP contribution in [0.4, 0.5) is 0 Å². The quantitative estimate of drug-likeness (QED) is 0.912. The van der Waals surface area contributed by atoms with Crippen molar-refractivity contribution >= 4 is 17.7 Å². The summed E-state index contributed by atoms with van der Waals surface area (Å²) < 4.78 is 11.2. The molecule has 2 aromatic rings. The molecule has 2 aliphatic rings. The first-order chi connectivity index (χ1) is 12.2. The Kier molecular flexibility index (Phi) is 4.44. The van der Waals surface area contributed by atoms with Crippen LogP contribution in [0.1, 0.15) is 16.5 Å². The van der Waals surface area contributed by atoms with Crippen LogP contribution in [0.5, 0.6) is 17.2 Å². The second-order valence-corrected chi connectivity index (χ2v) is 7.14. The van der Waals surface area contributed by atoms with Gasteiger partial charge in [0.1, 0.15) is 24.3 Å². The molecule has 2 aromatic carbocycles. The molecule has 1 N–H and O–H groups in total. The number of hydrogen-bond acceptors (Lipinski definition) is 5. The largest absolute Gasteiger partial charge is 0.508 e. The van der Waals surface area contributed by atoms with Crippen molar-refractivity contribution in [1.82, 2.24) is 4.90 Å². The fourth-order valence-electron chi connectivity index (χ4n) is 3.10. The van der Waals surface area contributed by atoms with Crippen molar-refractivity contribution in [1.29, 1.82) is 0 Å². The molecule has 0 spiro atoms. The topological polar surface area (TPSA) is 59.0 Å². The molecule has 2 aliphatic heterocycles. The van der Waals surface area contributed by atoms with Gasteiger partial charge >= 0.3 is 0 Å². The molecular formula is C19H19NO4S. The molecule has 0 aliphatic carbocycles. The van der Waals surface area contributed by atoms with Crippen LogP contribution in [0.15, 0.2) is 42.5 Å². The number of aromatic hydroxyl groups is 1. The third-order valence-corrected chi connectivity index (χ3v) is 5.65. The van der Waals surface area contributed by atoms with Gasteiger partial charge in [-0.3, -0.25) is 4.79 Å². The summed E-state index contributed by atoms with van der Waals surface area (Å²) in [5, 5.41) is 9.38. The highest BCUT2D eigenvalue weighted by Crippen LogP contribution is 2.42. The lowest BCUT2D eigenvalue weighted by molar-refractivity contribution is -0.128. The highest BCUT2D eigenvalue weighted by Gasteiger charge is 2.33. The van der Waals surface area contributed by atoms with E-state index in [4.69, 9.17) is 9.47 Å². The van der Waals surface area contributed by atoms with Crippen molar-refractivity contribution in [2.75, 3.05) is 25.5 Å². The van der Waals surface area contributed by atoms with Gasteiger partial charge in [-0.2, -0.15) is 0 Å². The van der Waals surface area contributed by atoms with Gasteiger partial charge in [0, 0.05) is 6.54 Å². The lowest BCUT2D eigenvalue weighted by Crippen LogP contribution is -2.30. The number of amides is 1. The van der Waals surface area contributed by atoms with E-state index in [1.165, 1.54) is 0 Å². The molecule has 2 heterocycles. The maximum absolute atomic E-state index is 12.3. The molecule has 1 amide bonds. The monoisotopic (exact) mass is 357 g/mol. The molecule has 0 aromatic heterocycles. The number of hydrogen-bond donors (Lipinski definition) is 1. The van der Waals surface area contributed by atoms with Crippen molar-refractivity contribution in [3.63, 3.8) is 0 Å². The molecule has 1 saturated heterocycles. The summed E-state index contributed by atoms with van der Waals surface area (Å²) in [6.45, 7) is 1.77. The number of thioether (sulfide) groups is 1. The van der Waals surface area contributed by atoms with Gasteiger partial charge in [-0.25, -0.2) is 0 Å². The Bertz CT molecular complexity index is 777. The summed E-state index contributed by atoms with van der Waals surface area (Å²) in [5.41, 5.74) is 2.16. The fourth-order valence-corrected chi connectivity index (χ4v) is 4.31. The number of phenolic OH excluding ortho intramolecular Hbond substituents is 1. The van der Waals surface area contributed by atoms with Crippen LogP contribution in [-0.4, -0.2) is 41.4 Å². The van der Waals surface area contributed by atoms with Crippen LogP contribution in [0.2, 0.25) is 0 Å². The number of rotatable bonds is 4. The highest BCUT2D eigenvalue weighted by atomic mass is 32.2. The lowest BCUT2D eigenvalue weighted by atomic mass is 10.1. The zero-order valence-corrected chi connectivity index (χ0v) is 14.5. The molecular weight excluding hydrogens is 338 g/mol. The Morgan fingerprint density at radius 1 is 1.08 bits per heavy atom. The van der Waals surface area contributed by atoms with E-state index in [9.17, 15) is 9.90 Å². The molecule has 6 heteroatoms. The van der Waals surface area contributed by atoms with Crippen molar-refractivity contribution in [3.8, 4) is 17.2 Å². The van der Waals surface area contributed by atoms with Crippen molar-refractivity contribution in [3.05, 3.63) is 53.6 Å². The summed E-state index contributed by atoms with van der Waals surface area (Å²) in [5.74, 6) is 2.42. The summed E-state index contributed by atoms with van der Waals surface area (Å²) in [6.07, 6.45) is 0.758. The third-order valence-electron chi connectivity index (χ3n) is 4.40. The second kappa shape index (κ2) is 6.88. The molecule has 130 valence electrons. The summed E-state index contributed by atoms with van der Waals surface area (Å²) in [6, 6.07) is 13.0. The van der Waals surface area contributed by atoms with Gasteiger partial charge in [0.25, 0.3) is 0 Å². The lowest BCUT2D eigenvalue weighted by Gasteiger charge is -2.26. The Morgan fingerprint density at radius 2 is 1.84 bits per heavy atom. The number of fused-ring (bicyclic) bond motifs is 1. The molecule has 0 radical (unpaired) electrons. The number of carbonyl (C=O) groups excluding carboxylic acids is 1. The van der Waals surface area contributed by atoms with E-state index in [0.29, 0.717) is 25.5 Å². The predicted molar refractivity (Wildman–Crippen MR) is 96.2 cm³/mol. The molecule has 25 heavy (non-hydrogen) atoms. The molecule has 5 nitrogen and oxygen atoms in total. The van der Waals surface area contributed by atoms with Crippen LogP contribution < -0.4 is 9.47 Å². The highest BCUT2D eigenvalue weighted by molar-refractivity contribution is 8.00. The van der Waals surface area contributed by atoms with E-state index in [0.717, 1.165) is 29.0 Å². The van der Waals surface area contributed by atoms with E-state index in [1.54, 1.807) is 23.9 Å². The van der Waals surface area contributed by atoms with Crippen LogP contribution in [0, 0.1) is 0 Å². The standard InChI is InChI=1S/C19H19NO4S/c21-15-4-1-13(2-5-15)7-8-20-18(22)12-25-19(20)14-3-6-16-17(11-14)24-10-9-23-16/h1-6,11,19,21H,7-10,12H2. The summed E-state index contributed by atoms with van der Waals surface area (Å²) >= 11 is 1.64. The van der Waals surface area contributed by atoms with E-state index in [-0.39, 0.29) is 17.0 Å². The minimum atomic E-state index is 0.000409. The summed E-state index contributed by atoms with van der Waals surface area (Å²) in [4.78, 5) is 14.3. The smallest absolute Gasteiger partial charge is 0.233 e. The molecule has 4 rings (SSSR count). The average molecular weight is 357 g/mol. The summed E-state index contributed by atoms with van der Waals surface area (Å²) in [7, 11) is 0. The maximum atomic E-state index is 12.3. The maximum Gasteiger partial charge on any atom is 0.233 e. The van der Waals surface area contributed by atoms with Gasteiger partial charge in [-0.1, -0.05) is 18.2 Å². The number of nitrogens with zero attached hydrogens (tertiary/aromatic N) is 1. The SMILES string of the molecule is O=C1CSC(c2ccc3c(c2)OCCO3)N1CCc1ccc(O)cc1. The van der Waals surface area contributed by atoms with Gasteiger partial charge < -0.3 is 19.5 Å². The van der Waals surface area contributed by atoms with Gasteiger partial charge in [-0.15, -0.1) is 11.8 Å². The average Bonchev–Trinajstić information content (AvgIpc) is 3.01. The predicted octanol–water partition coefficient (Wildman–Crippen LogP) is 2.98. The van der Waals surface area contributed by atoms with Gasteiger partial charge in [0.2, 0.25) is 5.91 Å². The van der Waals surface area contributed by atoms with E-state index >= 15 is 0 Å². The van der Waals surface area contributed by atoms with Crippen LogP contribution in [0.25, 0.3) is 0 Å². The van der Waals surface area contributed by atoms with E-state index in [2.05, 4.69) is 0 Å². The van der Waals surface area contributed by atoms with Gasteiger partial charge in [0.05, 0.1) is 5.75 Å². The number of benzene rings is 2. The van der Waals surface area contributed by atoms with E-state index in [1.807, 2.05) is 35.2 Å². The van der Waals surface area contributed by atoms with Crippen molar-refractivity contribution in [2.45, 2.75) is 11.8 Å². The first-order valence-corrected chi connectivity index (χ1v) is 9.34. The number of phenols is 1. The number of ether oxygens (including phenoxy) is 2. The van der Waals surface area contributed by atoms with Gasteiger partial charge in [0.15, 0.2) is 11.5 Å². The molecule has 1 atom stereocenters. The van der Waals surface area contributed by atoms with Crippen LogP contribution in [-0.2, 0) is 11.2 Å². The minimum Gasteiger partial charge on any atom is -0.508 e. The normalized spacial score (nSPS) is 19.3. The third kappa shape index (κ3) is 3.39. The minimum absolute atomic E-state index is 0.000409. The molecule has 1 fully saturated rings. The Balaban J connectivity index is 1.50. The molecule has 0 saturated carbocycles. The van der Waals surface area contributed by atoms with Crippen LogP contribution >= 0.6 is 11.8 Å². The fraction of sp³-hybridized carbons (Fsp3) is 0.316. The second-order valence-electron chi connectivity index (χ2n) is 6.07. The van der Waals surface area contributed by atoms with Crippen LogP contribution in [0.3, 0.4) is 0 Å². The first kappa shape index (κ1) is 16.1. The Labute approximate surface area is 150 Å². The molecule has 1 unspecified atom stereocenters. The zero-order valence-electron chi connectivity index (χ0n) is 13.7. The van der Waals surface area contributed by atoms with E-state index < -0.39 is 0 Å². The van der Waals surface area contributed by atoms with Crippen molar-refractivity contribution < 1.29 is 19.4 Å². The Hall–Kier alpha value is -2.34. The Morgan fingerprint density at radius 3 is 2.64 bits per heavy atom. The van der Waals surface area contributed by atoms with Crippen molar-refractivity contribution in [2.24, 2.45) is 0 Å². The molecule has 0 bridgehead atoms.